The number of nitrogens with one attached hydrogen (secondary N) is 1. The van der Waals surface area contributed by atoms with E-state index >= 15 is 0 Å². The minimum absolute atomic E-state index is 0.0111. The maximum absolute atomic E-state index is 13.0. The molecule has 8 nitrogen and oxygen atoms in total. The van der Waals surface area contributed by atoms with Gasteiger partial charge in [-0.2, -0.15) is 0 Å². The van der Waals surface area contributed by atoms with Crippen LogP contribution in [0, 0.1) is 0 Å². The summed E-state index contributed by atoms with van der Waals surface area (Å²) in [6.45, 7) is -0.223. The number of carbonyl (C=O) groups is 2. The van der Waals surface area contributed by atoms with Crippen molar-refractivity contribution in [3.63, 3.8) is 0 Å². The molecular weight excluding hydrogens is 384 g/mol. The van der Waals surface area contributed by atoms with E-state index in [1.54, 1.807) is 48.5 Å². The highest BCUT2D eigenvalue weighted by Gasteiger charge is 2.20. The Bertz CT molecular complexity index is 1170. The van der Waals surface area contributed by atoms with Gasteiger partial charge in [-0.05, 0) is 24.3 Å². The number of rotatable bonds is 6. The predicted octanol–water partition coefficient (Wildman–Crippen LogP) is 1.05. The van der Waals surface area contributed by atoms with E-state index in [0.717, 1.165) is 4.57 Å². The molecule has 8 heteroatoms. The Hall–Kier alpha value is -3.94. The Morgan fingerprint density at radius 1 is 0.900 bits per heavy atom. The van der Waals surface area contributed by atoms with Crippen LogP contribution < -0.4 is 21.5 Å². The molecule has 1 aromatic heterocycles. The summed E-state index contributed by atoms with van der Waals surface area (Å²) in [5.41, 5.74) is 0.493. The van der Waals surface area contributed by atoms with Crippen molar-refractivity contribution < 1.29 is 9.59 Å². The quantitative estimate of drug-likeness (QED) is 0.662. The fraction of sp³-hybridized carbons (Fsp3) is 0.182. The van der Waals surface area contributed by atoms with Gasteiger partial charge in [-0.25, -0.2) is 4.79 Å². The second-order valence-corrected chi connectivity index (χ2v) is 6.74. The molecule has 0 saturated heterocycles. The number of anilines is 1. The number of amides is 2. The third-order valence-corrected chi connectivity index (χ3v) is 4.73. The summed E-state index contributed by atoms with van der Waals surface area (Å²) in [4.78, 5) is 50.9. The van der Waals surface area contributed by atoms with Crippen molar-refractivity contribution in [2.24, 2.45) is 14.1 Å². The van der Waals surface area contributed by atoms with Gasteiger partial charge >= 0.3 is 5.69 Å². The molecule has 0 bridgehead atoms. The molecule has 0 spiro atoms. The van der Waals surface area contributed by atoms with Gasteiger partial charge in [0.1, 0.15) is 6.54 Å². The summed E-state index contributed by atoms with van der Waals surface area (Å²) in [5, 5.41) is 2.68. The van der Waals surface area contributed by atoms with Crippen LogP contribution in [0.25, 0.3) is 0 Å². The summed E-state index contributed by atoms with van der Waals surface area (Å²) in [5.74, 6) is -0.728. The first-order valence-electron chi connectivity index (χ1n) is 9.33. The van der Waals surface area contributed by atoms with Gasteiger partial charge in [0, 0.05) is 37.1 Å². The second-order valence-electron chi connectivity index (χ2n) is 6.74. The van der Waals surface area contributed by atoms with Crippen molar-refractivity contribution in [2.75, 3.05) is 11.4 Å². The van der Waals surface area contributed by atoms with Gasteiger partial charge in [-0.15, -0.1) is 0 Å². The largest absolute Gasteiger partial charge is 0.349 e. The van der Waals surface area contributed by atoms with Crippen molar-refractivity contribution >= 4 is 17.5 Å². The molecule has 154 valence electrons. The van der Waals surface area contributed by atoms with Crippen molar-refractivity contribution in [3.8, 4) is 0 Å². The topological polar surface area (TPSA) is 93.4 Å². The molecule has 2 aromatic carbocycles. The van der Waals surface area contributed by atoms with Crippen molar-refractivity contribution in [2.45, 2.75) is 6.54 Å². The van der Waals surface area contributed by atoms with E-state index in [2.05, 4.69) is 5.32 Å². The number of carbonyl (C=O) groups excluding carboxylic acids is 2. The highest BCUT2D eigenvalue weighted by molar-refractivity contribution is 6.08. The number of aromatic nitrogens is 2. The average molecular weight is 406 g/mol. The molecule has 30 heavy (non-hydrogen) atoms. The van der Waals surface area contributed by atoms with Crippen LogP contribution in [0.2, 0.25) is 0 Å². The predicted molar refractivity (Wildman–Crippen MR) is 113 cm³/mol. The molecule has 0 aliphatic rings. The minimum atomic E-state index is -0.475. The molecule has 3 rings (SSSR count). The highest BCUT2D eigenvalue weighted by Crippen LogP contribution is 2.16. The van der Waals surface area contributed by atoms with Crippen LogP contribution in [0.5, 0.6) is 0 Å². The molecule has 0 unspecified atom stereocenters. The number of nitrogens with zero attached hydrogens (tertiary/aromatic N) is 3. The average Bonchev–Trinajstić information content (AvgIpc) is 2.78. The monoisotopic (exact) mass is 406 g/mol. The molecule has 3 aromatic rings. The number of hydrogen-bond donors (Lipinski definition) is 1. The zero-order valence-electron chi connectivity index (χ0n) is 16.7. The minimum Gasteiger partial charge on any atom is -0.349 e. The lowest BCUT2D eigenvalue weighted by molar-refractivity contribution is -0.119. The number of para-hydroxylation sites is 1. The molecule has 2 amide bonds. The summed E-state index contributed by atoms with van der Waals surface area (Å²) in [6, 6.07) is 18.9. The van der Waals surface area contributed by atoms with Crippen LogP contribution in [0.4, 0.5) is 5.69 Å². The van der Waals surface area contributed by atoms with E-state index in [1.807, 2.05) is 12.1 Å². The van der Waals surface area contributed by atoms with Gasteiger partial charge in [-0.3, -0.25) is 28.4 Å². The van der Waals surface area contributed by atoms with Gasteiger partial charge in [0.05, 0.1) is 6.54 Å². The fourth-order valence-corrected chi connectivity index (χ4v) is 2.96. The van der Waals surface area contributed by atoms with E-state index in [1.165, 1.54) is 29.6 Å². The van der Waals surface area contributed by atoms with Crippen LogP contribution in [-0.2, 0) is 25.4 Å². The van der Waals surface area contributed by atoms with Gasteiger partial charge in [0.15, 0.2) is 0 Å². The maximum Gasteiger partial charge on any atom is 0.330 e. The Balaban J connectivity index is 1.78. The normalized spacial score (nSPS) is 10.5. The lowest BCUT2D eigenvalue weighted by Crippen LogP contribution is -2.42. The second kappa shape index (κ2) is 9.04. The molecule has 1 N–H and O–H groups in total. The zero-order valence-corrected chi connectivity index (χ0v) is 16.7. The van der Waals surface area contributed by atoms with E-state index in [4.69, 9.17) is 0 Å². The molecule has 0 fully saturated rings. The maximum atomic E-state index is 13.0. The molecule has 0 aliphatic heterocycles. The number of benzene rings is 2. The van der Waals surface area contributed by atoms with E-state index in [-0.39, 0.29) is 19.0 Å². The Kier molecular flexibility index (Phi) is 6.26. The molecule has 1 heterocycles. The van der Waals surface area contributed by atoms with Gasteiger partial charge in [0.25, 0.3) is 11.5 Å². The fourth-order valence-electron chi connectivity index (χ4n) is 2.96. The van der Waals surface area contributed by atoms with Gasteiger partial charge in [0.2, 0.25) is 5.91 Å². The van der Waals surface area contributed by atoms with Gasteiger partial charge in [-0.1, -0.05) is 36.4 Å². The van der Waals surface area contributed by atoms with Crippen LogP contribution in [0.1, 0.15) is 16.1 Å². The Morgan fingerprint density at radius 2 is 1.50 bits per heavy atom. The molecule has 0 aliphatic carbocycles. The van der Waals surface area contributed by atoms with Crippen LogP contribution >= 0.6 is 0 Å². The summed E-state index contributed by atoms with van der Waals surface area (Å²) >= 11 is 0. The molecule has 0 atom stereocenters. The summed E-state index contributed by atoms with van der Waals surface area (Å²) in [7, 11) is 2.92. The van der Waals surface area contributed by atoms with Crippen molar-refractivity contribution in [3.05, 3.63) is 98.8 Å². The first-order chi connectivity index (χ1) is 14.4. The first kappa shape index (κ1) is 20.8. The SMILES string of the molecule is Cn1c(CNC(=O)CN(C(=O)c2ccccc2)c2ccccc2)cc(=O)n(C)c1=O. The third-order valence-electron chi connectivity index (χ3n) is 4.73. The van der Waals surface area contributed by atoms with E-state index < -0.39 is 17.2 Å². The lowest BCUT2D eigenvalue weighted by Gasteiger charge is -2.22. The Morgan fingerprint density at radius 3 is 2.13 bits per heavy atom. The standard InChI is InChI=1S/C22H22N4O4/c1-24-18(13-20(28)25(2)22(24)30)14-23-19(27)15-26(17-11-7-4-8-12-17)21(29)16-9-5-3-6-10-16/h3-13H,14-15H2,1-2H3,(H,23,27). The van der Waals surface area contributed by atoms with Crippen LogP contribution in [0.15, 0.2) is 76.3 Å². The summed E-state index contributed by atoms with van der Waals surface area (Å²) in [6.07, 6.45) is 0. The van der Waals surface area contributed by atoms with E-state index in [0.29, 0.717) is 16.9 Å². The highest BCUT2D eigenvalue weighted by atomic mass is 16.2. The lowest BCUT2D eigenvalue weighted by atomic mass is 10.1. The molecular formula is C22H22N4O4. The van der Waals surface area contributed by atoms with Crippen LogP contribution in [-0.4, -0.2) is 27.5 Å². The smallest absolute Gasteiger partial charge is 0.330 e. The zero-order chi connectivity index (χ0) is 21.7. The first-order valence-corrected chi connectivity index (χ1v) is 9.33. The third kappa shape index (κ3) is 4.54. The van der Waals surface area contributed by atoms with Crippen molar-refractivity contribution in [1.82, 2.24) is 14.5 Å². The number of hydrogen-bond acceptors (Lipinski definition) is 4. The van der Waals surface area contributed by atoms with E-state index in [9.17, 15) is 19.2 Å². The van der Waals surface area contributed by atoms with Crippen molar-refractivity contribution in [1.29, 1.82) is 0 Å². The summed E-state index contributed by atoms with van der Waals surface area (Å²) < 4.78 is 2.28. The molecule has 0 saturated carbocycles. The Labute approximate surface area is 173 Å². The van der Waals surface area contributed by atoms with Crippen LogP contribution in [0.3, 0.4) is 0 Å². The van der Waals surface area contributed by atoms with Gasteiger partial charge < -0.3 is 5.32 Å². The molecule has 0 radical (unpaired) electrons.